The summed E-state index contributed by atoms with van der Waals surface area (Å²) in [6, 6.07) is 18.2. The van der Waals surface area contributed by atoms with Crippen molar-refractivity contribution in [3.05, 3.63) is 77.7 Å². The summed E-state index contributed by atoms with van der Waals surface area (Å²) in [6.45, 7) is 0. The number of nitrogens with zero attached hydrogens (tertiary/aromatic N) is 1. The zero-order valence-corrected chi connectivity index (χ0v) is 13.3. The molecule has 1 aliphatic rings. The van der Waals surface area contributed by atoms with E-state index in [2.05, 4.69) is 0 Å². The second kappa shape index (κ2) is 6.38. The Morgan fingerprint density at radius 3 is 2.17 bits per heavy atom. The fourth-order valence-corrected chi connectivity index (χ4v) is 3.95. The lowest BCUT2D eigenvalue weighted by Crippen LogP contribution is -2.42. The van der Waals surface area contributed by atoms with Crippen LogP contribution < -0.4 is 4.90 Å². The molecule has 1 heterocycles. The van der Waals surface area contributed by atoms with Crippen LogP contribution in [0.5, 0.6) is 0 Å². The largest absolute Gasteiger partial charge is 0.304 e. The molecule has 0 spiro atoms. The molecule has 0 saturated heterocycles. The first kappa shape index (κ1) is 15.5. The maximum Gasteiger partial charge on any atom is 0.231 e. The van der Waals surface area contributed by atoms with Crippen molar-refractivity contribution in [3.8, 4) is 0 Å². The van der Waals surface area contributed by atoms with Crippen LogP contribution in [0.25, 0.3) is 0 Å². The van der Waals surface area contributed by atoms with Crippen molar-refractivity contribution in [2.45, 2.75) is 12.5 Å². The van der Waals surface area contributed by atoms with Crippen LogP contribution in [-0.4, -0.2) is 26.1 Å². The van der Waals surface area contributed by atoms with E-state index in [4.69, 9.17) is 0 Å². The van der Waals surface area contributed by atoms with Crippen LogP contribution in [0.1, 0.15) is 5.56 Å². The summed E-state index contributed by atoms with van der Waals surface area (Å²) < 4.78 is 23.5. The van der Waals surface area contributed by atoms with Gasteiger partial charge in [0.05, 0.1) is 18.2 Å². The van der Waals surface area contributed by atoms with Gasteiger partial charge in [0.15, 0.2) is 9.84 Å². The van der Waals surface area contributed by atoms with E-state index in [1.807, 2.05) is 60.7 Å². The van der Waals surface area contributed by atoms with Crippen LogP contribution >= 0.6 is 0 Å². The number of sulfone groups is 1. The first-order valence-electron chi connectivity index (χ1n) is 7.37. The molecule has 1 amide bonds. The van der Waals surface area contributed by atoms with E-state index in [1.165, 1.54) is 5.41 Å². The van der Waals surface area contributed by atoms with Gasteiger partial charge in [-0.25, -0.2) is 8.42 Å². The Kier molecular flexibility index (Phi) is 4.30. The molecule has 1 unspecified atom stereocenters. The number of anilines is 1. The van der Waals surface area contributed by atoms with Gasteiger partial charge < -0.3 is 4.90 Å². The average molecular weight is 327 g/mol. The minimum atomic E-state index is -3.23. The molecule has 5 heteroatoms. The number of hydrogen-bond donors (Lipinski definition) is 0. The van der Waals surface area contributed by atoms with E-state index < -0.39 is 15.9 Å². The summed E-state index contributed by atoms with van der Waals surface area (Å²) in [5.74, 6) is -0.184. The van der Waals surface area contributed by atoms with Gasteiger partial charge in [-0.05, 0) is 23.8 Å². The smallest absolute Gasteiger partial charge is 0.231 e. The Balaban J connectivity index is 1.90. The standard InChI is InChI=1S/C18H17NO3S/c20-18(13-15-7-3-1-4-8-15)19(16-9-5-2-6-10-16)17-11-12-23(21,22)14-17/h1-12,17H,13-14H2. The molecule has 2 aromatic rings. The van der Waals surface area contributed by atoms with Crippen molar-refractivity contribution in [3.63, 3.8) is 0 Å². The maximum atomic E-state index is 12.8. The van der Waals surface area contributed by atoms with Crippen LogP contribution in [0, 0.1) is 0 Å². The van der Waals surface area contributed by atoms with Gasteiger partial charge >= 0.3 is 0 Å². The number of hydrogen-bond acceptors (Lipinski definition) is 3. The highest BCUT2D eigenvalue weighted by Gasteiger charge is 2.31. The molecule has 0 aliphatic carbocycles. The molecule has 0 aromatic heterocycles. The highest BCUT2D eigenvalue weighted by Crippen LogP contribution is 2.23. The van der Waals surface area contributed by atoms with Gasteiger partial charge in [0.1, 0.15) is 0 Å². The molecule has 23 heavy (non-hydrogen) atoms. The quantitative estimate of drug-likeness (QED) is 0.867. The molecule has 0 saturated carbocycles. The monoisotopic (exact) mass is 327 g/mol. The number of carbonyl (C=O) groups is 1. The average Bonchev–Trinajstić information content (AvgIpc) is 2.89. The minimum absolute atomic E-state index is 0.0670. The van der Waals surface area contributed by atoms with E-state index in [9.17, 15) is 13.2 Å². The molecule has 2 aromatic carbocycles. The van der Waals surface area contributed by atoms with Crippen LogP contribution in [0.2, 0.25) is 0 Å². The number of para-hydroxylation sites is 1. The van der Waals surface area contributed by atoms with Gasteiger partial charge in [0, 0.05) is 11.1 Å². The van der Waals surface area contributed by atoms with Gasteiger partial charge in [-0.2, -0.15) is 0 Å². The normalized spacial score (nSPS) is 18.7. The first-order valence-corrected chi connectivity index (χ1v) is 9.09. The first-order chi connectivity index (χ1) is 11.1. The summed E-state index contributed by atoms with van der Waals surface area (Å²) in [4.78, 5) is 14.4. The Labute approximate surface area is 136 Å². The summed E-state index contributed by atoms with van der Waals surface area (Å²) >= 11 is 0. The van der Waals surface area contributed by atoms with Crippen molar-refractivity contribution >= 4 is 21.4 Å². The third kappa shape index (κ3) is 3.68. The van der Waals surface area contributed by atoms with Gasteiger partial charge in [-0.3, -0.25) is 4.79 Å². The lowest BCUT2D eigenvalue weighted by Gasteiger charge is -2.27. The Bertz CT molecular complexity index is 814. The van der Waals surface area contributed by atoms with E-state index >= 15 is 0 Å². The van der Waals surface area contributed by atoms with E-state index in [0.29, 0.717) is 5.69 Å². The highest BCUT2D eigenvalue weighted by molar-refractivity contribution is 7.94. The topological polar surface area (TPSA) is 54.5 Å². The van der Waals surface area contributed by atoms with E-state index in [0.717, 1.165) is 5.56 Å². The molecule has 0 N–H and O–H groups in total. The summed E-state index contributed by atoms with van der Waals surface area (Å²) in [5.41, 5.74) is 1.61. The highest BCUT2D eigenvalue weighted by atomic mass is 32.2. The second-order valence-corrected chi connectivity index (χ2v) is 7.42. The second-order valence-electron chi connectivity index (χ2n) is 5.49. The third-order valence-corrected chi connectivity index (χ3v) is 5.12. The van der Waals surface area contributed by atoms with Crippen LogP contribution in [0.4, 0.5) is 5.69 Å². The third-order valence-electron chi connectivity index (χ3n) is 3.74. The number of carbonyl (C=O) groups excluding carboxylic acids is 1. The predicted octanol–water partition coefficient (Wildman–Crippen LogP) is 2.57. The van der Waals surface area contributed by atoms with Crippen molar-refractivity contribution in [2.75, 3.05) is 10.7 Å². The Morgan fingerprint density at radius 1 is 1.00 bits per heavy atom. The molecule has 0 radical (unpaired) electrons. The van der Waals surface area contributed by atoms with Crippen molar-refractivity contribution in [1.82, 2.24) is 0 Å². The van der Waals surface area contributed by atoms with Crippen LogP contribution in [-0.2, 0) is 21.1 Å². The van der Waals surface area contributed by atoms with Crippen molar-refractivity contribution in [2.24, 2.45) is 0 Å². The van der Waals surface area contributed by atoms with Gasteiger partial charge in [-0.1, -0.05) is 48.5 Å². The molecule has 1 aliphatic heterocycles. The van der Waals surface area contributed by atoms with Crippen molar-refractivity contribution in [1.29, 1.82) is 0 Å². The molecular weight excluding hydrogens is 310 g/mol. The summed E-state index contributed by atoms with van der Waals surface area (Å²) in [7, 11) is -3.23. The number of amides is 1. The van der Waals surface area contributed by atoms with Gasteiger partial charge in [0.25, 0.3) is 0 Å². The molecule has 1 atom stereocenters. The molecule has 3 rings (SSSR count). The lowest BCUT2D eigenvalue weighted by atomic mass is 10.1. The Morgan fingerprint density at radius 2 is 1.61 bits per heavy atom. The van der Waals surface area contributed by atoms with E-state index in [1.54, 1.807) is 11.0 Å². The fraction of sp³-hybridized carbons (Fsp3) is 0.167. The van der Waals surface area contributed by atoms with Crippen molar-refractivity contribution < 1.29 is 13.2 Å². The predicted molar refractivity (Wildman–Crippen MR) is 90.8 cm³/mol. The van der Waals surface area contributed by atoms with Crippen LogP contribution in [0.15, 0.2) is 72.1 Å². The SMILES string of the molecule is O=C(Cc1ccccc1)N(c1ccccc1)C1C=CS(=O)(=O)C1. The molecule has 0 fully saturated rings. The summed E-state index contributed by atoms with van der Waals surface area (Å²) in [5, 5.41) is 1.20. The zero-order valence-electron chi connectivity index (χ0n) is 12.5. The number of rotatable bonds is 4. The fourth-order valence-electron chi connectivity index (χ4n) is 2.68. The van der Waals surface area contributed by atoms with E-state index in [-0.39, 0.29) is 18.1 Å². The van der Waals surface area contributed by atoms with Crippen LogP contribution in [0.3, 0.4) is 0 Å². The number of benzene rings is 2. The molecule has 4 nitrogen and oxygen atoms in total. The maximum absolute atomic E-state index is 12.8. The molecular formula is C18H17NO3S. The molecule has 0 bridgehead atoms. The van der Waals surface area contributed by atoms with Gasteiger partial charge in [-0.15, -0.1) is 0 Å². The zero-order chi connectivity index (χ0) is 16.3. The minimum Gasteiger partial charge on any atom is -0.304 e. The Hall–Kier alpha value is -2.40. The lowest BCUT2D eigenvalue weighted by molar-refractivity contribution is -0.118. The summed E-state index contributed by atoms with van der Waals surface area (Å²) in [6.07, 6.45) is 1.82. The van der Waals surface area contributed by atoms with Gasteiger partial charge in [0.2, 0.25) is 5.91 Å². The molecule has 118 valence electrons.